The van der Waals surface area contributed by atoms with Crippen LogP contribution in [0.3, 0.4) is 0 Å². The molecule has 28 heavy (non-hydrogen) atoms. The predicted octanol–water partition coefficient (Wildman–Crippen LogP) is 4.16. The molecule has 0 bridgehead atoms. The van der Waals surface area contributed by atoms with E-state index in [0.29, 0.717) is 23.3 Å². The minimum atomic E-state index is -0.0590. The Morgan fingerprint density at radius 1 is 1.21 bits per heavy atom. The quantitative estimate of drug-likeness (QED) is 0.534. The molecule has 7 heteroatoms. The number of nitrogens with zero attached hydrogens (tertiary/aromatic N) is 3. The summed E-state index contributed by atoms with van der Waals surface area (Å²) in [5.74, 6) is 1.50. The van der Waals surface area contributed by atoms with Gasteiger partial charge < -0.3 is 14.2 Å². The second-order valence-corrected chi connectivity index (χ2v) is 6.54. The van der Waals surface area contributed by atoms with Gasteiger partial charge in [0.2, 0.25) is 17.6 Å². The molecule has 0 saturated carbocycles. The topological polar surface area (TPSA) is 68.5 Å². The maximum atomic E-state index is 12.7. The molecule has 0 unspecified atom stereocenters. The number of carbonyl (C=O) groups is 1. The number of aromatic nitrogens is 2. The van der Waals surface area contributed by atoms with E-state index in [1.165, 1.54) is 0 Å². The smallest absolute Gasteiger partial charge is 0.246 e. The highest BCUT2D eigenvalue weighted by molar-refractivity contribution is 6.30. The highest BCUT2D eigenvalue weighted by Gasteiger charge is 2.17. The molecule has 0 aliphatic rings. The first kappa shape index (κ1) is 19.6. The standard InChI is InChI=1S/C21H20ClN3O3/c1-3-12-25(20(26)13-15-4-10-18(27-2)11-5-15)14-19-23-21(24-28-19)16-6-8-17(22)9-7-16/h3-11H,1,12-14H2,2H3. The highest BCUT2D eigenvalue weighted by atomic mass is 35.5. The Morgan fingerprint density at radius 3 is 2.57 bits per heavy atom. The van der Waals surface area contributed by atoms with Crippen LogP contribution in [-0.4, -0.2) is 34.6 Å². The van der Waals surface area contributed by atoms with Gasteiger partial charge in [0.05, 0.1) is 13.5 Å². The summed E-state index contributed by atoms with van der Waals surface area (Å²) in [4.78, 5) is 18.7. The van der Waals surface area contributed by atoms with Crippen molar-refractivity contribution in [2.24, 2.45) is 0 Å². The lowest BCUT2D eigenvalue weighted by Crippen LogP contribution is -2.32. The fourth-order valence-corrected chi connectivity index (χ4v) is 2.76. The number of hydrogen-bond donors (Lipinski definition) is 0. The van der Waals surface area contributed by atoms with E-state index in [0.717, 1.165) is 16.9 Å². The van der Waals surface area contributed by atoms with E-state index in [4.69, 9.17) is 20.9 Å². The van der Waals surface area contributed by atoms with Gasteiger partial charge in [-0.15, -0.1) is 6.58 Å². The van der Waals surface area contributed by atoms with Gasteiger partial charge in [-0.3, -0.25) is 4.79 Å². The zero-order valence-corrected chi connectivity index (χ0v) is 16.2. The molecule has 3 aromatic rings. The number of ether oxygens (including phenoxy) is 1. The number of hydrogen-bond acceptors (Lipinski definition) is 5. The molecule has 1 aromatic heterocycles. The molecule has 144 valence electrons. The normalized spacial score (nSPS) is 10.5. The molecule has 6 nitrogen and oxygen atoms in total. The SMILES string of the molecule is C=CCN(Cc1nc(-c2ccc(Cl)cc2)no1)C(=O)Cc1ccc(OC)cc1. The first-order valence-electron chi connectivity index (χ1n) is 8.69. The van der Waals surface area contributed by atoms with E-state index in [1.54, 1.807) is 30.2 Å². The lowest BCUT2D eigenvalue weighted by atomic mass is 10.1. The van der Waals surface area contributed by atoms with Crippen LogP contribution < -0.4 is 4.74 Å². The fourth-order valence-electron chi connectivity index (χ4n) is 2.64. The van der Waals surface area contributed by atoms with E-state index in [2.05, 4.69) is 16.7 Å². The van der Waals surface area contributed by atoms with Gasteiger partial charge in [0.25, 0.3) is 0 Å². The Kier molecular flexibility index (Phi) is 6.45. The molecule has 0 spiro atoms. The van der Waals surface area contributed by atoms with Crippen LogP contribution in [0.5, 0.6) is 5.75 Å². The van der Waals surface area contributed by atoms with E-state index in [1.807, 2.05) is 36.4 Å². The van der Waals surface area contributed by atoms with Gasteiger partial charge in [-0.1, -0.05) is 35.0 Å². The molecule has 0 aliphatic carbocycles. The van der Waals surface area contributed by atoms with Crippen molar-refractivity contribution in [1.29, 1.82) is 0 Å². The molecule has 3 rings (SSSR count). The molecule has 1 amide bonds. The zero-order valence-electron chi connectivity index (χ0n) is 15.5. The van der Waals surface area contributed by atoms with E-state index in [-0.39, 0.29) is 18.9 Å². The van der Waals surface area contributed by atoms with Gasteiger partial charge in [0.1, 0.15) is 12.3 Å². The number of rotatable bonds is 8. The molecule has 0 fully saturated rings. The van der Waals surface area contributed by atoms with Gasteiger partial charge in [0, 0.05) is 17.1 Å². The lowest BCUT2D eigenvalue weighted by molar-refractivity contribution is -0.130. The van der Waals surface area contributed by atoms with Crippen LogP contribution in [0.2, 0.25) is 5.02 Å². The first-order valence-corrected chi connectivity index (χ1v) is 9.07. The minimum Gasteiger partial charge on any atom is -0.497 e. The Labute approximate surface area is 168 Å². The molecule has 0 atom stereocenters. The summed E-state index contributed by atoms with van der Waals surface area (Å²) in [6, 6.07) is 14.5. The van der Waals surface area contributed by atoms with Crippen LogP contribution in [0.25, 0.3) is 11.4 Å². The third-order valence-electron chi connectivity index (χ3n) is 4.11. The zero-order chi connectivity index (χ0) is 19.9. The average Bonchev–Trinajstić information content (AvgIpc) is 3.17. The van der Waals surface area contributed by atoms with E-state index < -0.39 is 0 Å². The van der Waals surface area contributed by atoms with Crippen LogP contribution in [-0.2, 0) is 17.8 Å². The molecule has 0 N–H and O–H groups in total. The second kappa shape index (κ2) is 9.19. The average molecular weight is 398 g/mol. The number of halogens is 1. The van der Waals surface area contributed by atoms with Gasteiger partial charge >= 0.3 is 0 Å². The molecular weight excluding hydrogens is 378 g/mol. The van der Waals surface area contributed by atoms with Gasteiger partial charge in [-0.25, -0.2) is 0 Å². The van der Waals surface area contributed by atoms with Crippen molar-refractivity contribution >= 4 is 17.5 Å². The van der Waals surface area contributed by atoms with Crippen molar-refractivity contribution in [2.45, 2.75) is 13.0 Å². The molecule has 0 aliphatic heterocycles. The third-order valence-corrected chi connectivity index (χ3v) is 4.37. The van der Waals surface area contributed by atoms with Crippen molar-refractivity contribution in [3.05, 3.63) is 77.7 Å². The van der Waals surface area contributed by atoms with Crippen molar-refractivity contribution in [1.82, 2.24) is 15.0 Å². The van der Waals surface area contributed by atoms with Crippen LogP contribution in [0.1, 0.15) is 11.5 Å². The number of benzene rings is 2. The Hall–Kier alpha value is -3.12. The molecular formula is C21H20ClN3O3. The summed E-state index contributed by atoms with van der Waals surface area (Å²) in [6.45, 7) is 4.32. The minimum absolute atomic E-state index is 0.0590. The third kappa shape index (κ3) is 4.98. The maximum absolute atomic E-state index is 12.7. The van der Waals surface area contributed by atoms with Crippen molar-refractivity contribution in [3.63, 3.8) is 0 Å². The summed E-state index contributed by atoms with van der Waals surface area (Å²) in [7, 11) is 1.61. The summed E-state index contributed by atoms with van der Waals surface area (Å²) in [5, 5.41) is 4.62. The second-order valence-electron chi connectivity index (χ2n) is 6.11. The van der Waals surface area contributed by atoms with Gasteiger partial charge in [-0.05, 0) is 42.0 Å². The Bertz CT molecular complexity index is 936. The summed E-state index contributed by atoms with van der Waals surface area (Å²) in [5.41, 5.74) is 1.69. The monoisotopic (exact) mass is 397 g/mol. The van der Waals surface area contributed by atoms with Crippen LogP contribution >= 0.6 is 11.6 Å². The first-order chi connectivity index (χ1) is 13.6. The van der Waals surface area contributed by atoms with E-state index in [9.17, 15) is 4.79 Å². The number of amides is 1. The van der Waals surface area contributed by atoms with Crippen LogP contribution in [0, 0.1) is 0 Å². The lowest BCUT2D eigenvalue weighted by Gasteiger charge is -2.19. The van der Waals surface area contributed by atoms with Crippen molar-refractivity contribution in [2.75, 3.05) is 13.7 Å². The summed E-state index contributed by atoms with van der Waals surface area (Å²) < 4.78 is 10.5. The van der Waals surface area contributed by atoms with Crippen molar-refractivity contribution in [3.8, 4) is 17.1 Å². The number of methoxy groups -OCH3 is 1. The summed E-state index contributed by atoms with van der Waals surface area (Å²) >= 11 is 5.90. The molecule has 0 saturated heterocycles. The van der Waals surface area contributed by atoms with E-state index >= 15 is 0 Å². The Balaban J connectivity index is 1.69. The van der Waals surface area contributed by atoms with Crippen LogP contribution in [0.4, 0.5) is 0 Å². The Morgan fingerprint density at radius 2 is 1.93 bits per heavy atom. The fraction of sp³-hybridized carbons (Fsp3) is 0.190. The van der Waals surface area contributed by atoms with Crippen LogP contribution in [0.15, 0.2) is 65.7 Å². The maximum Gasteiger partial charge on any atom is 0.246 e. The van der Waals surface area contributed by atoms with Gasteiger partial charge in [0.15, 0.2) is 0 Å². The largest absolute Gasteiger partial charge is 0.497 e. The van der Waals surface area contributed by atoms with Gasteiger partial charge in [-0.2, -0.15) is 4.98 Å². The molecule has 0 radical (unpaired) electrons. The highest BCUT2D eigenvalue weighted by Crippen LogP contribution is 2.19. The predicted molar refractivity (Wildman–Crippen MR) is 107 cm³/mol. The number of carbonyl (C=O) groups excluding carboxylic acids is 1. The summed E-state index contributed by atoms with van der Waals surface area (Å²) in [6.07, 6.45) is 1.93. The molecule has 2 aromatic carbocycles. The molecule has 1 heterocycles. The van der Waals surface area contributed by atoms with Crippen molar-refractivity contribution < 1.29 is 14.1 Å².